The summed E-state index contributed by atoms with van der Waals surface area (Å²) in [5, 5.41) is 4.48. The number of ketones is 1. The first-order chi connectivity index (χ1) is 14.8. The topological polar surface area (TPSA) is 131 Å². The first-order valence-corrected chi connectivity index (χ1v) is 9.97. The molecule has 1 aromatic heterocycles. The number of carbonyl (C=O) groups is 4. The highest BCUT2D eigenvalue weighted by Gasteiger charge is 2.62. The SMILES string of the molecule is C[C@@H]1CN2c3ccc(C(=O)c4ncco4)cc3CC3(C(=O)NC(=O)NC3=O)[C@H]2[C@H](C)O1. The lowest BCUT2D eigenvalue weighted by atomic mass is 9.66. The Hall–Kier alpha value is -3.53. The Labute approximate surface area is 176 Å². The summed E-state index contributed by atoms with van der Waals surface area (Å²) in [5.41, 5.74) is 0.218. The smallest absolute Gasteiger partial charge is 0.328 e. The number of hydrogen-bond acceptors (Lipinski definition) is 8. The minimum Gasteiger partial charge on any atom is -0.442 e. The number of amides is 4. The zero-order valence-electron chi connectivity index (χ0n) is 16.9. The number of oxazole rings is 1. The second-order valence-electron chi connectivity index (χ2n) is 8.14. The molecule has 2 fully saturated rings. The van der Waals surface area contributed by atoms with Crippen molar-refractivity contribution in [2.75, 3.05) is 11.4 Å². The third kappa shape index (κ3) is 2.78. The molecule has 4 amide bonds. The van der Waals surface area contributed by atoms with Crippen LogP contribution in [0.2, 0.25) is 0 Å². The van der Waals surface area contributed by atoms with E-state index < -0.39 is 41.2 Å². The van der Waals surface area contributed by atoms with Gasteiger partial charge in [0.05, 0.1) is 24.4 Å². The molecular weight excluding hydrogens is 404 g/mol. The molecule has 3 aliphatic heterocycles. The van der Waals surface area contributed by atoms with Crippen molar-refractivity contribution < 1.29 is 28.3 Å². The van der Waals surface area contributed by atoms with Gasteiger partial charge in [0.1, 0.15) is 6.26 Å². The number of benzene rings is 1. The Bertz CT molecular complexity index is 1090. The molecule has 0 unspecified atom stereocenters. The lowest BCUT2D eigenvalue weighted by molar-refractivity contribution is -0.153. The van der Waals surface area contributed by atoms with E-state index in [2.05, 4.69) is 15.6 Å². The van der Waals surface area contributed by atoms with Crippen molar-refractivity contribution in [2.45, 2.75) is 38.5 Å². The molecule has 1 aromatic carbocycles. The lowest BCUT2D eigenvalue weighted by Crippen LogP contribution is -2.75. The molecule has 3 atom stereocenters. The number of imide groups is 2. The van der Waals surface area contributed by atoms with Crippen LogP contribution in [0.3, 0.4) is 0 Å². The van der Waals surface area contributed by atoms with Crippen molar-refractivity contribution in [2.24, 2.45) is 5.41 Å². The first-order valence-electron chi connectivity index (χ1n) is 9.97. The molecule has 1 spiro atoms. The quantitative estimate of drug-likeness (QED) is 0.535. The fraction of sp³-hybridized carbons (Fsp3) is 0.381. The summed E-state index contributed by atoms with van der Waals surface area (Å²) in [5.74, 6) is -1.79. The van der Waals surface area contributed by atoms with E-state index >= 15 is 0 Å². The summed E-state index contributed by atoms with van der Waals surface area (Å²) >= 11 is 0. The second kappa shape index (κ2) is 6.74. The highest BCUT2D eigenvalue weighted by atomic mass is 16.5. The maximum Gasteiger partial charge on any atom is 0.328 e. The van der Waals surface area contributed by atoms with Gasteiger partial charge in [0.2, 0.25) is 17.6 Å². The van der Waals surface area contributed by atoms with Crippen LogP contribution in [0.15, 0.2) is 35.1 Å². The molecule has 2 aromatic rings. The summed E-state index contributed by atoms with van der Waals surface area (Å²) in [6.07, 6.45) is 2.13. The Balaban J connectivity index is 1.65. The number of nitrogens with zero attached hydrogens (tertiary/aromatic N) is 2. The number of aromatic nitrogens is 1. The number of ether oxygens (including phenoxy) is 1. The van der Waals surface area contributed by atoms with Crippen molar-refractivity contribution in [1.29, 1.82) is 0 Å². The predicted octanol–water partition coefficient (Wildman–Crippen LogP) is 0.796. The van der Waals surface area contributed by atoms with Crippen LogP contribution >= 0.6 is 0 Å². The summed E-state index contributed by atoms with van der Waals surface area (Å²) in [4.78, 5) is 56.6. The highest BCUT2D eigenvalue weighted by Crippen LogP contribution is 2.46. The van der Waals surface area contributed by atoms with Gasteiger partial charge in [-0.2, -0.15) is 0 Å². The number of fused-ring (bicyclic) bond motifs is 4. The van der Waals surface area contributed by atoms with Gasteiger partial charge >= 0.3 is 6.03 Å². The van der Waals surface area contributed by atoms with Gasteiger partial charge in [-0.25, -0.2) is 9.78 Å². The van der Waals surface area contributed by atoms with Crippen molar-refractivity contribution >= 4 is 29.3 Å². The number of barbiturate groups is 1. The van der Waals surface area contributed by atoms with Gasteiger partial charge in [-0.3, -0.25) is 25.0 Å². The van der Waals surface area contributed by atoms with Crippen molar-refractivity contribution in [3.05, 3.63) is 47.7 Å². The molecule has 0 radical (unpaired) electrons. The third-order valence-corrected chi connectivity index (χ3v) is 6.20. The Kier molecular flexibility index (Phi) is 4.23. The Morgan fingerprint density at radius 3 is 2.61 bits per heavy atom. The molecule has 2 N–H and O–H groups in total. The molecule has 5 rings (SSSR count). The van der Waals surface area contributed by atoms with Gasteiger partial charge in [-0.1, -0.05) is 0 Å². The highest BCUT2D eigenvalue weighted by molar-refractivity contribution is 6.20. The molecule has 4 heterocycles. The van der Waals surface area contributed by atoms with E-state index in [1.807, 2.05) is 18.7 Å². The minimum absolute atomic E-state index is 0.0171. The third-order valence-electron chi connectivity index (χ3n) is 6.20. The van der Waals surface area contributed by atoms with Crippen molar-refractivity contribution in [1.82, 2.24) is 15.6 Å². The maximum atomic E-state index is 13.1. The van der Waals surface area contributed by atoms with E-state index in [0.29, 0.717) is 17.7 Å². The number of rotatable bonds is 2. The van der Waals surface area contributed by atoms with Crippen LogP contribution in [0.5, 0.6) is 0 Å². The van der Waals surface area contributed by atoms with Crippen LogP contribution in [0.4, 0.5) is 10.5 Å². The largest absolute Gasteiger partial charge is 0.442 e. The van der Waals surface area contributed by atoms with Crippen molar-refractivity contribution in [3.8, 4) is 0 Å². The molecule has 10 heteroatoms. The number of carbonyl (C=O) groups excluding carboxylic acids is 4. The summed E-state index contributed by atoms with van der Waals surface area (Å²) in [6.45, 7) is 4.18. The first kappa shape index (κ1) is 19.4. The molecule has 3 aliphatic rings. The van der Waals surface area contributed by atoms with Gasteiger partial charge < -0.3 is 14.1 Å². The number of anilines is 1. The molecule has 0 saturated carbocycles. The summed E-state index contributed by atoms with van der Waals surface area (Å²) in [6, 6.07) is 3.68. The maximum absolute atomic E-state index is 13.1. The van der Waals surface area contributed by atoms with Crippen LogP contribution in [-0.4, -0.2) is 53.4 Å². The van der Waals surface area contributed by atoms with Crippen LogP contribution < -0.4 is 15.5 Å². The fourth-order valence-corrected chi connectivity index (χ4v) is 5.05. The van der Waals surface area contributed by atoms with Gasteiger partial charge in [0.15, 0.2) is 5.41 Å². The zero-order chi connectivity index (χ0) is 21.9. The molecule has 160 valence electrons. The average molecular weight is 424 g/mol. The van der Waals surface area contributed by atoms with E-state index in [0.717, 1.165) is 5.69 Å². The van der Waals surface area contributed by atoms with E-state index in [9.17, 15) is 19.2 Å². The summed E-state index contributed by atoms with van der Waals surface area (Å²) in [7, 11) is 0. The van der Waals surface area contributed by atoms with Crippen LogP contribution in [0, 0.1) is 5.41 Å². The van der Waals surface area contributed by atoms with Crippen molar-refractivity contribution in [3.63, 3.8) is 0 Å². The molecule has 10 nitrogen and oxygen atoms in total. The number of morpholine rings is 1. The standard InChI is InChI=1S/C21H20N4O6/c1-10-9-25-14-4-3-12(15(26)17-22-5-6-30-17)7-13(14)8-21(16(25)11(2)31-10)18(27)23-20(29)24-19(21)28/h3-7,10-11,16H,8-9H2,1-2H3,(H2,23,24,27,28,29)/t10-,11+,16-/m1/s1. The van der Waals surface area contributed by atoms with E-state index in [1.54, 1.807) is 18.2 Å². The molecule has 2 saturated heterocycles. The second-order valence-corrected chi connectivity index (χ2v) is 8.14. The number of hydrogen-bond donors (Lipinski definition) is 2. The van der Waals surface area contributed by atoms with E-state index in [1.165, 1.54) is 12.5 Å². The molecule has 0 bridgehead atoms. The molecular formula is C21H20N4O6. The number of urea groups is 1. The van der Waals surface area contributed by atoms with Gasteiger partial charge in [-0.15, -0.1) is 0 Å². The zero-order valence-corrected chi connectivity index (χ0v) is 16.9. The molecule has 0 aliphatic carbocycles. The normalized spacial score (nSPS) is 26.7. The number of nitrogens with one attached hydrogen (secondary N) is 2. The van der Waals surface area contributed by atoms with Gasteiger partial charge in [-0.05, 0) is 44.0 Å². The summed E-state index contributed by atoms with van der Waals surface area (Å²) < 4.78 is 11.1. The fourth-order valence-electron chi connectivity index (χ4n) is 5.05. The average Bonchev–Trinajstić information content (AvgIpc) is 3.25. The minimum atomic E-state index is -1.58. The van der Waals surface area contributed by atoms with Crippen LogP contribution in [-0.2, 0) is 20.7 Å². The Morgan fingerprint density at radius 2 is 1.94 bits per heavy atom. The van der Waals surface area contributed by atoms with Gasteiger partial charge in [0.25, 0.3) is 5.89 Å². The van der Waals surface area contributed by atoms with Gasteiger partial charge in [0, 0.05) is 17.8 Å². The van der Waals surface area contributed by atoms with Crippen LogP contribution in [0.1, 0.15) is 35.7 Å². The van der Waals surface area contributed by atoms with E-state index in [4.69, 9.17) is 9.15 Å². The molecule has 31 heavy (non-hydrogen) atoms. The Morgan fingerprint density at radius 1 is 1.19 bits per heavy atom. The lowest BCUT2D eigenvalue weighted by Gasteiger charge is -2.55. The monoisotopic (exact) mass is 424 g/mol. The van der Waals surface area contributed by atoms with Crippen LogP contribution in [0.25, 0.3) is 0 Å². The predicted molar refractivity (Wildman–Crippen MR) is 105 cm³/mol. The van der Waals surface area contributed by atoms with E-state index in [-0.39, 0.29) is 18.4 Å².